The minimum atomic E-state index is -1.04. The van der Waals surface area contributed by atoms with E-state index in [9.17, 15) is 18.4 Å². The number of nitrogens with one attached hydrogen (secondary N) is 1. The number of carbonyl (C=O) groups is 2. The normalized spacial score (nSPS) is 16.5. The van der Waals surface area contributed by atoms with E-state index < -0.39 is 28.9 Å². The van der Waals surface area contributed by atoms with Gasteiger partial charge in [0.1, 0.15) is 18.2 Å². The molecule has 0 spiro atoms. The van der Waals surface area contributed by atoms with E-state index in [0.717, 1.165) is 25.0 Å². The van der Waals surface area contributed by atoms with E-state index in [4.69, 9.17) is 0 Å². The van der Waals surface area contributed by atoms with Crippen LogP contribution < -0.4 is 5.32 Å². The lowest BCUT2D eigenvalue weighted by Gasteiger charge is -2.28. The Balaban J connectivity index is 2.28. The summed E-state index contributed by atoms with van der Waals surface area (Å²) in [6.45, 7) is -0.264. The molecule has 0 saturated heterocycles. The molecule has 114 valence electrons. The van der Waals surface area contributed by atoms with Crippen LogP contribution in [0, 0.1) is 11.6 Å². The van der Waals surface area contributed by atoms with Gasteiger partial charge in [0.2, 0.25) is 5.91 Å². The molecule has 1 saturated carbocycles. The monoisotopic (exact) mass is 297 g/mol. The highest BCUT2D eigenvalue weighted by Gasteiger charge is 2.44. The summed E-state index contributed by atoms with van der Waals surface area (Å²) in [5.74, 6) is -2.41. The Bertz CT molecular complexity index is 554. The van der Waals surface area contributed by atoms with Crippen LogP contribution in [0.1, 0.15) is 31.2 Å². The number of halogens is 2. The van der Waals surface area contributed by atoms with Crippen LogP contribution in [0.25, 0.3) is 0 Å². The zero-order chi connectivity index (χ0) is 15.5. The molecule has 4 nitrogen and oxygen atoms in total. The van der Waals surface area contributed by atoms with Crippen LogP contribution in [-0.2, 0) is 19.7 Å². The molecule has 0 aliphatic heterocycles. The third kappa shape index (κ3) is 3.04. The SMILES string of the molecule is COC(=O)CNC(=O)C1(c2ccc(F)cc2F)CCCC1. The number of rotatable bonds is 4. The fraction of sp³-hybridized carbons (Fsp3) is 0.467. The van der Waals surface area contributed by atoms with E-state index in [2.05, 4.69) is 10.1 Å². The lowest BCUT2D eigenvalue weighted by Crippen LogP contribution is -2.45. The highest BCUT2D eigenvalue weighted by Crippen LogP contribution is 2.42. The number of ether oxygens (including phenoxy) is 1. The zero-order valence-corrected chi connectivity index (χ0v) is 11.7. The van der Waals surface area contributed by atoms with Gasteiger partial charge in [-0.15, -0.1) is 0 Å². The number of hydrogen-bond donors (Lipinski definition) is 1. The van der Waals surface area contributed by atoms with Gasteiger partial charge in [-0.25, -0.2) is 8.78 Å². The van der Waals surface area contributed by atoms with Crippen molar-refractivity contribution in [3.8, 4) is 0 Å². The number of methoxy groups -OCH3 is 1. The van der Waals surface area contributed by atoms with Gasteiger partial charge in [-0.1, -0.05) is 18.9 Å². The van der Waals surface area contributed by atoms with Gasteiger partial charge in [0.05, 0.1) is 12.5 Å². The van der Waals surface area contributed by atoms with Gasteiger partial charge < -0.3 is 10.1 Å². The standard InChI is InChI=1S/C15H17F2NO3/c1-21-13(19)9-18-14(20)15(6-2-3-7-15)11-5-4-10(16)8-12(11)17/h4-5,8H,2-3,6-7,9H2,1H3,(H,18,20). The first kappa shape index (κ1) is 15.4. The Kier molecular flexibility index (Phi) is 4.55. The fourth-order valence-electron chi connectivity index (χ4n) is 2.87. The van der Waals surface area contributed by atoms with Crippen LogP contribution in [0.15, 0.2) is 18.2 Å². The van der Waals surface area contributed by atoms with Gasteiger partial charge in [0.25, 0.3) is 0 Å². The van der Waals surface area contributed by atoms with Crippen LogP contribution in [-0.4, -0.2) is 25.5 Å². The molecular weight excluding hydrogens is 280 g/mol. The topological polar surface area (TPSA) is 55.4 Å². The first-order valence-electron chi connectivity index (χ1n) is 6.80. The minimum absolute atomic E-state index is 0.184. The first-order chi connectivity index (χ1) is 9.99. The lowest BCUT2D eigenvalue weighted by molar-refractivity contribution is -0.141. The summed E-state index contributed by atoms with van der Waals surface area (Å²) in [6.07, 6.45) is 2.51. The average molecular weight is 297 g/mol. The van der Waals surface area contributed by atoms with Gasteiger partial charge >= 0.3 is 5.97 Å². The second-order valence-corrected chi connectivity index (χ2v) is 5.17. The van der Waals surface area contributed by atoms with Crippen molar-refractivity contribution in [1.29, 1.82) is 0 Å². The van der Waals surface area contributed by atoms with Gasteiger partial charge in [-0.05, 0) is 18.9 Å². The molecule has 0 aromatic heterocycles. The molecule has 1 aromatic rings. The second kappa shape index (κ2) is 6.20. The molecule has 6 heteroatoms. The van der Waals surface area contributed by atoms with E-state index in [1.165, 1.54) is 13.2 Å². The van der Waals surface area contributed by atoms with Crippen LogP contribution in [0.4, 0.5) is 8.78 Å². The molecule has 1 aliphatic rings. The van der Waals surface area contributed by atoms with Crippen LogP contribution in [0.5, 0.6) is 0 Å². The number of benzene rings is 1. The van der Waals surface area contributed by atoms with Crippen molar-refractivity contribution in [2.75, 3.05) is 13.7 Å². The molecule has 0 bridgehead atoms. The summed E-state index contributed by atoms with van der Waals surface area (Å²) in [5.41, 5.74) is -0.852. The van der Waals surface area contributed by atoms with Gasteiger partial charge in [-0.2, -0.15) is 0 Å². The van der Waals surface area contributed by atoms with Gasteiger partial charge in [0, 0.05) is 11.6 Å². The molecule has 0 radical (unpaired) electrons. The molecule has 0 atom stereocenters. The van der Waals surface area contributed by atoms with Crippen LogP contribution >= 0.6 is 0 Å². The number of hydrogen-bond acceptors (Lipinski definition) is 3. The number of carbonyl (C=O) groups excluding carboxylic acids is 2. The van der Waals surface area contributed by atoms with Crippen molar-refractivity contribution >= 4 is 11.9 Å². The Hall–Kier alpha value is -1.98. The van der Waals surface area contributed by atoms with Crippen molar-refractivity contribution in [2.24, 2.45) is 0 Å². The second-order valence-electron chi connectivity index (χ2n) is 5.17. The van der Waals surface area contributed by atoms with Crippen molar-refractivity contribution in [1.82, 2.24) is 5.32 Å². The predicted molar refractivity (Wildman–Crippen MR) is 71.5 cm³/mol. The molecule has 1 fully saturated rings. The van der Waals surface area contributed by atoms with Crippen LogP contribution in [0.3, 0.4) is 0 Å². The molecule has 1 amide bonds. The molecule has 21 heavy (non-hydrogen) atoms. The maximum absolute atomic E-state index is 14.1. The third-order valence-corrected chi connectivity index (χ3v) is 3.96. The van der Waals surface area contributed by atoms with Gasteiger partial charge in [0.15, 0.2) is 0 Å². The molecule has 1 aliphatic carbocycles. The minimum Gasteiger partial charge on any atom is -0.468 e. The van der Waals surface area contributed by atoms with Crippen molar-refractivity contribution in [2.45, 2.75) is 31.1 Å². The predicted octanol–water partition coefficient (Wildman–Crippen LogP) is 2.07. The Morgan fingerprint density at radius 3 is 2.52 bits per heavy atom. The maximum atomic E-state index is 14.1. The molecule has 1 aromatic carbocycles. The molecule has 2 rings (SSSR count). The largest absolute Gasteiger partial charge is 0.468 e. The summed E-state index contributed by atoms with van der Waals surface area (Å²) in [6, 6.07) is 3.24. The Morgan fingerprint density at radius 1 is 1.29 bits per heavy atom. The fourth-order valence-corrected chi connectivity index (χ4v) is 2.87. The van der Waals surface area contributed by atoms with E-state index in [1.807, 2.05) is 0 Å². The van der Waals surface area contributed by atoms with E-state index >= 15 is 0 Å². The Labute approximate surface area is 121 Å². The average Bonchev–Trinajstić information content (AvgIpc) is 2.94. The summed E-state index contributed by atoms with van der Waals surface area (Å²) in [7, 11) is 1.22. The highest BCUT2D eigenvalue weighted by atomic mass is 19.1. The van der Waals surface area contributed by atoms with Crippen molar-refractivity contribution in [3.63, 3.8) is 0 Å². The Morgan fingerprint density at radius 2 is 1.95 bits per heavy atom. The quantitative estimate of drug-likeness (QED) is 0.866. The molecular formula is C15H17F2NO3. The van der Waals surface area contributed by atoms with E-state index in [-0.39, 0.29) is 12.1 Å². The number of amides is 1. The number of esters is 1. The van der Waals surface area contributed by atoms with Crippen molar-refractivity contribution < 1.29 is 23.1 Å². The molecule has 1 N–H and O–H groups in total. The van der Waals surface area contributed by atoms with Crippen LogP contribution in [0.2, 0.25) is 0 Å². The maximum Gasteiger partial charge on any atom is 0.325 e. The zero-order valence-electron chi connectivity index (χ0n) is 11.7. The summed E-state index contributed by atoms with van der Waals surface area (Å²) < 4.78 is 31.6. The smallest absolute Gasteiger partial charge is 0.325 e. The van der Waals surface area contributed by atoms with E-state index in [0.29, 0.717) is 12.8 Å². The third-order valence-electron chi connectivity index (χ3n) is 3.96. The van der Waals surface area contributed by atoms with Gasteiger partial charge in [-0.3, -0.25) is 9.59 Å². The first-order valence-corrected chi connectivity index (χ1v) is 6.80. The summed E-state index contributed by atoms with van der Waals surface area (Å²) in [4.78, 5) is 23.6. The van der Waals surface area contributed by atoms with E-state index in [1.54, 1.807) is 0 Å². The highest BCUT2D eigenvalue weighted by molar-refractivity contribution is 5.91. The molecule has 0 heterocycles. The molecule has 0 unspecified atom stereocenters. The summed E-state index contributed by atoms with van der Waals surface area (Å²) in [5, 5.41) is 2.48. The summed E-state index contributed by atoms with van der Waals surface area (Å²) >= 11 is 0. The van der Waals surface area contributed by atoms with Crippen molar-refractivity contribution in [3.05, 3.63) is 35.4 Å². The lowest BCUT2D eigenvalue weighted by atomic mass is 9.77.